The highest BCUT2D eigenvalue weighted by molar-refractivity contribution is 5.97. The van der Waals surface area contributed by atoms with Crippen molar-refractivity contribution in [3.05, 3.63) is 24.3 Å². The van der Waals surface area contributed by atoms with Crippen molar-refractivity contribution in [2.45, 2.75) is 6.42 Å². The summed E-state index contributed by atoms with van der Waals surface area (Å²) in [4.78, 5) is 13.7. The monoisotopic (exact) mass is 220 g/mol. The molecular formula is C12H16N2O2. The average molecular weight is 220 g/mol. The highest BCUT2D eigenvalue weighted by atomic mass is 16.5. The molecule has 1 aromatic carbocycles. The molecule has 0 aliphatic carbocycles. The predicted molar refractivity (Wildman–Crippen MR) is 63.8 cm³/mol. The van der Waals surface area contributed by atoms with E-state index in [9.17, 15) is 4.79 Å². The SMILES string of the molecule is COCC(=O)N1CCCNc2ccccc21. The minimum Gasteiger partial charge on any atom is -0.383 e. The number of rotatable bonds is 2. The molecule has 86 valence electrons. The maximum absolute atomic E-state index is 11.9. The fourth-order valence-electron chi connectivity index (χ4n) is 1.90. The first-order chi connectivity index (χ1) is 7.83. The molecule has 0 fully saturated rings. The van der Waals surface area contributed by atoms with Crippen LogP contribution in [0.5, 0.6) is 0 Å². The van der Waals surface area contributed by atoms with E-state index >= 15 is 0 Å². The Morgan fingerprint density at radius 2 is 2.31 bits per heavy atom. The molecule has 4 nitrogen and oxygen atoms in total. The van der Waals surface area contributed by atoms with Crippen LogP contribution in [0.2, 0.25) is 0 Å². The number of carbonyl (C=O) groups excluding carboxylic acids is 1. The standard InChI is InChI=1S/C12H16N2O2/c1-16-9-12(15)14-8-4-7-13-10-5-2-3-6-11(10)14/h2-3,5-6,13H,4,7-9H2,1H3. The summed E-state index contributed by atoms with van der Waals surface area (Å²) in [5, 5.41) is 3.32. The summed E-state index contributed by atoms with van der Waals surface area (Å²) in [6.07, 6.45) is 0.949. The third-order valence-electron chi connectivity index (χ3n) is 2.64. The molecule has 0 saturated carbocycles. The Morgan fingerprint density at radius 1 is 1.50 bits per heavy atom. The number of hydrogen-bond donors (Lipinski definition) is 1. The summed E-state index contributed by atoms with van der Waals surface area (Å²) >= 11 is 0. The smallest absolute Gasteiger partial charge is 0.253 e. The number of carbonyl (C=O) groups is 1. The first kappa shape index (κ1) is 11.0. The van der Waals surface area contributed by atoms with E-state index in [-0.39, 0.29) is 12.5 Å². The van der Waals surface area contributed by atoms with Gasteiger partial charge in [0.05, 0.1) is 11.4 Å². The zero-order valence-corrected chi connectivity index (χ0v) is 9.40. The molecule has 0 unspecified atom stereocenters. The maximum Gasteiger partial charge on any atom is 0.253 e. The Labute approximate surface area is 95.2 Å². The summed E-state index contributed by atoms with van der Waals surface area (Å²) in [7, 11) is 1.54. The highest BCUT2D eigenvalue weighted by Gasteiger charge is 2.19. The second kappa shape index (κ2) is 4.99. The van der Waals surface area contributed by atoms with Crippen molar-refractivity contribution >= 4 is 17.3 Å². The number of amides is 1. The van der Waals surface area contributed by atoms with Crippen LogP contribution in [-0.2, 0) is 9.53 Å². The van der Waals surface area contributed by atoms with E-state index in [2.05, 4.69) is 5.32 Å². The van der Waals surface area contributed by atoms with E-state index in [0.717, 1.165) is 30.9 Å². The van der Waals surface area contributed by atoms with Crippen LogP contribution < -0.4 is 10.2 Å². The maximum atomic E-state index is 11.9. The molecule has 0 bridgehead atoms. The second-order valence-corrected chi connectivity index (χ2v) is 3.78. The van der Waals surface area contributed by atoms with Crippen molar-refractivity contribution in [1.29, 1.82) is 0 Å². The molecule has 1 aliphatic rings. The average Bonchev–Trinajstić information content (AvgIpc) is 2.51. The molecule has 2 rings (SSSR count). The molecule has 1 amide bonds. The molecule has 0 radical (unpaired) electrons. The minimum atomic E-state index is 0.0126. The summed E-state index contributed by atoms with van der Waals surface area (Å²) in [5.74, 6) is 0.0126. The van der Waals surface area contributed by atoms with Crippen LogP contribution >= 0.6 is 0 Å². The van der Waals surface area contributed by atoms with Gasteiger partial charge in [0.1, 0.15) is 6.61 Å². The molecule has 1 aromatic rings. The fraction of sp³-hybridized carbons (Fsp3) is 0.417. The Morgan fingerprint density at radius 3 is 3.12 bits per heavy atom. The molecule has 0 saturated heterocycles. The topological polar surface area (TPSA) is 41.6 Å². The lowest BCUT2D eigenvalue weighted by Gasteiger charge is -2.21. The van der Waals surface area contributed by atoms with Gasteiger partial charge in [-0.15, -0.1) is 0 Å². The van der Waals surface area contributed by atoms with Crippen LogP contribution in [0.4, 0.5) is 11.4 Å². The molecule has 0 spiro atoms. The Bertz CT molecular complexity index is 379. The van der Waals surface area contributed by atoms with Gasteiger partial charge in [0.25, 0.3) is 5.91 Å². The lowest BCUT2D eigenvalue weighted by atomic mass is 10.2. The number of methoxy groups -OCH3 is 1. The lowest BCUT2D eigenvalue weighted by molar-refractivity contribution is -0.122. The molecule has 16 heavy (non-hydrogen) atoms. The summed E-state index contributed by atoms with van der Waals surface area (Å²) in [6.45, 7) is 1.77. The van der Waals surface area contributed by atoms with Crippen LogP contribution in [0.15, 0.2) is 24.3 Å². The van der Waals surface area contributed by atoms with Crippen LogP contribution in [0, 0.1) is 0 Å². The fourth-order valence-corrected chi connectivity index (χ4v) is 1.90. The summed E-state index contributed by atoms with van der Waals surface area (Å²) < 4.78 is 4.90. The molecule has 4 heteroatoms. The zero-order chi connectivity index (χ0) is 11.4. The normalized spacial score (nSPS) is 14.9. The zero-order valence-electron chi connectivity index (χ0n) is 9.40. The highest BCUT2D eigenvalue weighted by Crippen LogP contribution is 2.27. The van der Waals surface area contributed by atoms with Gasteiger partial charge < -0.3 is 15.0 Å². The largest absolute Gasteiger partial charge is 0.383 e. The Hall–Kier alpha value is -1.55. The lowest BCUT2D eigenvalue weighted by Crippen LogP contribution is -2.34. The van der Waals surface area contributed by atoms with Crippen LogP contribution in [0.25, 0.3) is 0 Å². The van der Waals surface area contributed by atoms with Crippen molar-refractivity contribution in [1.82, 2.24) is 0 Å². The van der Waals surface area contributed by atoms with E-state index < -0.39 is 0 Å². The Kier molecular flexibility index (Phi) is 3.41. The van der Waals surface area contributed by atoms with E-state index in [0.29, 0.717) is 0 Å². The first-order valence-electron chi connectivity index (χ1n) is 5.45. The van der Waals surface area contributed by atoms with Gasteiger partial charge in [-0.3, -0.25) is 4.79 Å². The molecular weight excluding hydrogens is 204 g/mol. The first-order valence-corrected chi connectivity index (χ1v) is 5.45. The van der Waals surface area contributed by atoms with Crippen LogP contribution in [0.3, 0.4) is 0 Å². The van der Waals surface area contributed by atoms with Gasteiger partial charge in [0, 0.05) is 20.2 Å². The number of anilines is 2. The van der Waals surface area contributed by atoms with Crippen LogP contribution in [0.1, 0.15) is 6.42 Å². The molecule has 1 heterocycles. The Balaban J connectivity index is 2.28. The number of benzene rings is 1. The number of nitrogens with one attached hydrogen (secondary N) is 1. The second-order valence-electron chi connectivity index (χ2n) is 3.78. The molecule has 0 aromatic heterocycles. The van der Waals surface area contributed by atoms with Gasteiger partial charge >= 0.3 is 0 Å². The van der Waals surface area contributed by atoms with Crippen molar-refractivity contribution in [3.8, 4) is 0 Å². The van der Waals surface area contributed by atoms with E-state index in [1.165, 1.54) is 0 Å². The third-order valence-corrected chi connectivity index (χ3v) is 2.64. The van der Waals surface area contributed by atoms with Gasteiger partial charge in [-0.2, -0.15) is 0 Å². The number of ether oxygens (including phenoxy) is 1. The minimum absolute atomic E-state index is 0.0126. The van der Waals surface area contributed by atoms with Crippen molar-refractivity contribution in [2.75, 3.05) is 37.0 Å². The molecule has 0 atom stereocenters. The van der Waals surface area contributed by atoms with Gasteiger partial charge in [-0.25, -0.2) is 0 Å². The number of fused-ring (bicyclic) bond motifs is 1. The van der Waals surface area contributed by atoms with Gasteiger partial charge in [-0.05, 0) is 18.6 Å². The predicted octanol–water partition coefficient (Wildman–Crippen LogP) is 1.48. The van der Waals surface area contributed by atoms with Gasteiger partial charge in [-0.1, -0.05) is 12.1 Å². The van der Waals surface area contributed by atoms with E-state index in [4.69, 9.17) is 4.74 Å². The quantitative estimate of drug-likeness (QED) is 0.820. The van der Waals surface area contributed by atoms with Crippen LogP contribution in [-0.4, -0.2) is 32.7 Å². The van der Waals surface area contributed by atoms with Gasteiger partial charge in [0.15, 0.2) is 0 Å². The van der Waals surface area contributed by atoms with Gasteiger partial charge in [0.2, 0.25) is 0 Å². The molecule has 1 N–H and O–H groups in total. The number of nitrogens with zero attached hydrogens (tertiary/aromatic N) is 1. The third kappa shape index (κ3) is 2.17. The molecule has 1 aliphatic heterocycles. The summed E-state index contributed by atoms with van der Waals surface area (Å²) in [5.41, 5.74) is 1.96. The van der Waals surface area contributed by atoms with Crippen molar-refractivity contribution < 1.29 is 9.53 Å². The van der Waals surface area contributed by atoms with Crippen molar-refractivity contribution in [3.63, 3.8) is 0 Å². The van der Waals surface area contributed by atoms with E-state index in [1.807, 2.05) is 24.3 Å². The number of para-hydroxylation sites is 2. The summed E-state index contributed by atoms with van der Waals surface area (Å²) in [6, 6.07) is 7.87. The van der Waals surface area contributed by atoms with E-state index in [1.54, 1.807) is 12.0 Å². The number of hydrogen-bond acceptors (Lipinski definition) is 3. The van der Waals surface area contributed by atoms with Crippen molar-refractivity contribution in [2.24, 2.45) is 0 Å².